The SMILES string of the molecule is COc1cc(/C=N\NC(=O)CCc2nc3ccccc3[nH]c2=O)ccc1OC(C)C. The summed E-state index contributed by atoms with van der Waals surface area (Å²) in [4.78, 5) is 31.3. The van der Waals surface area contributed by atoms with Crippen molar-refractivity contribution in [3.63, 3.8) is 0 Å². The fourth-order valence-corrected chi connectivity index (χ4v) is 2.82. The number of hydrogen-bond acceptors (Lipinski definition) is 6. The minimum atomic E-state index is -0.313. The number of fused-ring (bicyclic) bond motifs is 1. The van der Waals surface area contributed by atoms with Crippen LogP contribution in [0.15, 0.2) is 52.4 Å². The molecule has 1 amide bonds. The highest BCUT2D eigenvalue weighted by molar-refractivity contribution is 5.83. The number of hydrogen-bond donors (Lipinski definition) is 2. The van der Waals surface area contributed by atoms with Gasteiger partial charge < -0.3 is 14.5 Å². The van der Waals surface area contributed by atoms with E-state index >= 15 is 0 Å². The number of carbonyl (C=O) groups excluding carboxylic acids is 1. The van der Waals surface area contributed by atoms with Gasteiger partial charge in [-0.1, -0.05) is 12.1 Å². The van der Waals surface area contributed by atoms with Gasteiger partial charge in [0.15, 0.2) is 11.5 Å². The molecule has 3 aromatic rings. The fourth-order valence-electron chi connectivity index (χ4n) is 2.82. The van der Waals surface area contributed by atoms with Crippen LogP contribution >= 0.6 is 0 Å². The molecule has 156 valence electrons. The molecule has 0 unspecified atom stereocenters. The molecule has 3 rings (SSSR count). The molecule has 0 radical (unpaired) electrons. The van der Waals surface area contributed by atoms with Crippen LogP contribution in [0.1, 0.15) is 31.5 Å². The van der Waals surface area contributed by atoms with Gasteiger partial charge in [-0.3, -0.25) is 9.59 Å². The monoisotopic (exact) mass is 408 g/mol. The molecular formula is C22H24N4O4. The van der Waals surface area contributed by atoms with Crippen molar-refractivity contribution in [1.29, 1.82) is 0 Å². The Bertz CT molecular complexity index is 1120. The third kappa shape index (κ3) is 5.44. The number of para-hydroxylation sites is 2. The first-order valence-corrected chi connectivity index (χ1v) is 9.61. The smallest absolute Gasteiger partial charge is 0.270 e. The van der Waals surface area contributed by atoms with Crippen molar-refractivity contribution in [1.82, 2.24) is 15.4 Å². The van der Waals surface area contributed by atoms with Gasteiger partial charge in [0.25, 0.3) is 5.56 Å². The van der Waals surface area contributed by atoms with Crippen LogP contribution < -0.4 is 20.5 Å². The van der Waals surface area contributed by atoms with Crippen LogP contribution in [0, 0.1) is 0 Å². The van der Waals surface area contributed by atoms with E-state index in [4.69, 9.17) is 9.47 Å². The highest BCUT2D eigenvalue weighted by Crippen LogP contribution is 2.28. The van der Waals surface area contributed by atoms with Gasteiger partial charge in [0.05, 0.1) is 30.5 Å². The van der Waals surface area contributed by atoms with E-state index in [1.165, 1.54) is 6.21 Å². The second-order valence-electron chi connectivity index (χ2n) is 6.90. The van der Waals surface area contributed by atoms with Gasteiger partial charge in [-0.25, -0.2) is 10.4 Å². The fraction of sp³-hybridized carbons (Fsp3) is 0.273. The van der Waals surface area contributed by atoms with Gasteiger partial charge in [-0.05, 0) is 49.7 Å². The highest BCUT2D eigenvalue weighted by Gasteiger charge is 2.09. The van der Waals surface area contributed by atoms with Crippen molar-refractivity contribution >= 4 is 23.2 Å². The van der Waals surface area contributed by atoms with Gasteiger partial charge in [-0.2, -0.15) is 5.10 Å². The molecule has 0 atom stereocenters. The molecular weight excluding hydrogens is 384 g/mol. The van der Waals surface area contributed by atoms with Gasteiger partial charge >= 0.3 is 0 Å². The molecule has 0 saturated carbocycles. The van der Waals surface area contributed by atoms with E-state index in [1.54, 1.807) is 25.3 Å². The zero-order valence-corrected chi connectivity index (χ0v) is 17.1. The number of rotatable bonds is 8. The molecule has 1 aromatic heterocycles. The lowest BCUT2D eigenvalue weighted by Gasteiger charge is -2.13. The number of aromatic nitrogens is 2. The zero-order chi connectivity index (χ0) is 21.5. The quantitative estimate of drug-likeness (QED) is 0.440. The number of benzene rings is 2. The number of methoxy groups -OCH3 is 1. The van der Waals surface area contributed by atoms with Crippen molar-refractivity contribution in [2.75, 3.05) is 7.11 Å². The van der Waals surface area contributed by atoms with Crippen molar-refractivity contribution in [3.05, 3.63) is 64.1 Å². The second-order valence-corrected chi connectivity index (χ2v) is 6.90. The first-order chi connectivity index (χ1) is 14.5. The summed E-state index contributed by atoms with van der Waals surface area (Å²) < 4.78 is 11.0. The second kappa shape index (κ2) is 9.69. The van der Waals surface area contributed by atoms with Crippen molar-refractivity contribution in [2.45, 2.75) is 32.8 Å². The number of aryl methyl sites for hydroxylation is 1. The number of amides is 1. The van der Waals surface area contributed by atoms with E-state index in [2.05, 4.69) is 20.5 Å². The van der Waals surface area contributed by atoms with E-state index in [0.717, 1.165) is 5.56 Å². The number of nitrogens with one attached hydrogen (secondary N) is 2. The number of H-pyrrole nitrogens is 1. The van der Waals surface area contributed by atoms with Crippen molar-refractivity contribution in [2.24, 2.45) is 5.10 Å². The van der Waals surface area contributed by atoms with Gasteiger partial charge in [0.1, 0.15) is 5.69 Å². The van der Waals surface area contributed by atoms with E-state index < -0.39 is 0 Å². The van der Waals surface area contributed by atoms with Crippen LogP contribution in [0.5, 0.6) is 11.5 Å². The molecule has 1 heterocycles. The summed E-state index contributed by atoms with van der Waals surface area (Å²) in [5, 5.41) is 3.96. The summed E-state index contributed by atoms with van der Waals surface area (Å²) in [6.45, 7) is 3.87. The molecule has 0 aliphatic rings. The predicted molar refractivity (Wildman–Crippen MR) is 115 cm³/mol. The van der Waals surface area contributed by atoms with Gasteiger partial charge in [-0.15, -0.1) is 0 Å². The minimum absolute atomic E-state index is 0.0297. The Morgan fingerprint density at radius 1 is 1.23 bits per heavy atom. The van der Waals surface area contributed by atoms with Crippen LogP contribution in [0.3, 0.4) is 0 Å². The first kappa shape index (κ1) is 21.0. The van der Waals surface area contributed by atoms with Crippen LogP contribution in [0.25, 0.3) is 11.0 Å². The molecule has 0 spiro atoms. The van der Waals surface area contributed by atoms with E-state index in [0.29, 0.717) is 28.2 Å². The summed E-state index contributed by atoms with van der Waals surface area (Å²) in [6, 6.07) is 12.6. The molecule has 2 aromatic carbocycles. The summed E-state index contributed by atoms with van der Waals surface area (Å²) in [7, 11) is 1.56. The standard InChI is InChI=1S/C22H24N4O4/c1-14(2)30-19-10-8-15(12-20(19)29-3)13-23-26-21(27)11-9-18-22(28)25-17-7-5-4-6-16(17)24-18/h4-8,10,12-14H,9,11H2,1-3H3,(H,25,28)(H,26,27)/b23-13-. The summed E-state index contributed by atoms with van der Waals surface area (Å²) in [5.41, 5.74) is 4.59. The number of nitrogens with zero attached hydrogens (tertiary/aromatic N) is 2. The lowest BCUT2D eigenvalue weighted by molar-refractivity contribution is -0.121. The Labute approximate surface area is 173 Å². The summed E-state index contributed by atoms with van der Waals surface area (Å²) in [6.07, 6.45) is 1.86. The Morgan fingerprint density at radius 2 is 2.03 bits per heavy atom. The number of hydrazone groups is 1. The molecule has 0 saturated heterocycles. The largest absolute Gasteiger partial charge is 0.493 e. The number of aromatic amines is 1. The van der Waals surface area contributed by atoms with Crippen LogP contribution in [0.2, 0.25) is 0 Å². The van der Waals surface area contributed by atoms with Crippen molar-refractivity contribution in [3.8, 4) is 11.5 Å². The Hall–Kier alpha value is -3.68. The molecule has 8 nitrogen and oxygen atoms in total. The molecule has 8 heteroatoms. The van der Waals surface area contributed by atoms with Gasteiger partial charge in [0, 0.05) is 12.8 Å². The number of carbonyl (C=O) groups is 1. The minimum Gasteiger partial charge on any atom is -0.493 e. The van der Waals surface area contributed by atoms with E-state index in [1.807, 2.05) is 38.1 Å². The highest BCUT2D eigenvalue weighted by atomic mass is 16.5. The molecule has 0 fully saturated rings. The Kier molecular flexibility index (Phi) is 6.79. The maximum atomic E-state index is 12.1. The van der Waals surface area contributed by atoms with Crippen LogP contribution in [0.4, 0.5) is 0 Å². The predicted octanol–water partition coefficient (Wildman–Crippen LogP) is 2.80. The molecule has 0 bridgehead atoms. The molecule has 0 aliphatic heterocycles. The Balaban J connectivity index is 1.57. The first-order valence-electron chi connectivity index (χ1n) is 9.61. The van der Waals surface area contributed by atoms with E-state index in [-0.39, 0.29) is 30.4 Å². The average Bonchev–Trinajstić information content (AvgIpc) is 2.72. The van der Waals surface area contributed by atoms with Crippen LogP contribution in [-0.2, 0) is 11.2 Å². The van der Waals surface area contributed by atoms with Crippen LogP contribution in [-0.4, -0.2) is 35.3 Å². The maximum Gasteiger partial charge on any atom is 0.270 e. The lowest BCUT2D eigenvalue weighted by atomic mass is 10.2. The molecule has 30 heavy (non-hydrogen) atoms. The normalized spacial score (nSPS) is 11.2. The topological polar surface area (TPSA) is 106 Å². The third-order valence-electron chi connectivity index (χ3n) is 4.21. The molecule has 0 aliphatic carbocycles. The maximum absolute atomic E-state index is 12.1. The third-order valence-corrected chi connectivity index (χ3v) is 4.21. The van der Waals surface area contributed by atoms with E-state index in [9.17, 15) is 9.59 Å². The molecule has 2 N–H and O–H groups in total. The zero-order valence-electron chi connectivity index (χ0n) is 17.1. The van der Waals surface area contributed by atoms with Gasteiger partial charge in [0.2, 0.25) is 5.91 Å². The summed E-state index contributed by atoms with van der Waals surface area (Å²) in [5.74, 6) is 0.912. The average molecular weight is 408 g/mol. The number of ether oxygens (including phenoxy) is 2. The Morgan fingerprint density at radius 3 is 2.80 bits per heavy atom. The lowest BCUT2D eigenvalue weighted by Crippen LogP contribution is -2.21. The summed E-state index contributed by atoms with van der Waals surface area (Å²) >= 11 is 0. The van der Waals surface area contributed by atoms with Crippen molar-refractivity contribution < 1.29 is 14.3 Å².